The molecule has 0 aromatic heterocycles. The van der Waals surface area contributed by atoms with Gasteiger partial charge in [-0.15, -0.1) is 0 Å². The van der Waals surface area contributed by atoms with E-state index in [0.717, 1.165) is 11.8 Å². The first-order chi connectivity index (χ1) is 9.86. The maximum Gasteiger partial charge on any atom is 0.0797 e. The summed E-state index contributed by atoms with van der Waals surface area (Å²) < 4.78 is 4.93. The van der Waals surface area contributed by atoms with Gasteiger partial charge in [0.05, 0.1) is 12.9 Å². The van der Waals surface area contributed by atoms with Gasteiger partial charge in [-0.2, -0.15) is 0 Å². The van der Waals surface area contributed by atoms with Gasteiger partial charge in [-0.3, -0.25) is 0 Å². The summed E-state index contributed by atoms with van der Waals surface area (Å²) in [7, 11) is 1.70. The molecule has 0 saturated carbocycles. The van der Waals surface area contributed by atoms with E-state index in [1.165, 1.54) is 5.56 Å². The zero-order valence-corrected chi connectivity index (χ0v) is 12.5. The SMILES string of the molecule is CC.COCc1ccccc1.O/C=C\c1ccccc1. The summed E-state index contributed by atoms with van der Waals surface area (Å²) in [5.41, 5.74) is 2.24. The van der Waals surface area contributed by atoms with Crippen LogP contribution < -0.4 is 0 Å². The monoisotopic (exact) mass is 272 g/mol. The lowest BCUT2D eigenvalue weighted by Gasteiger charge is -1.95. The molecule has 0 radical (unpaired) electrons. The van der Waals surface area contributed by atoms with Gasteiger partial charge in [0.2, 0.25) is 0 Å². The smallest absolute Gasteiger partial charge is 0.0797 e. The number of methoxy groups -OCH3 is 1. The molecule has 0 amide bonds. The van der Waals surface area contributed by atoms with Gasteiger partial charge in [-0.25, -0.2) is 0 Å². The van der Waals surface area contributed by atoms with Gasteiger partial charge in [-0.1, -0.05) is 74.5 Å². The van der Waals surface area contributed by atoms with Gasteiger partial charge in [0, 0.05) is 7.11 Å². The normalized spacial score (nSPS) is 9.15. The lowest BCUT2D eigenvalue weighted by atomic mass is 10.2. The fourth-order valence-corrected chi connectivity index (χ4v) is 1.39. The number of aliphatic hydroxyl groups excluding tert-OH is 1. The molecule has 0 bridgehead atoms. The van der Waals surface area contributed by atoms with Crippen LogP contribution in [-0.2, 0) is 11.3 Å². The topological polar surface area (TPSA) is 29.5 Å². The number of hydrogen-bond acceptors (Lipinski definition) is 2. The second-order valence-corrected chi connectivity index (χ2v) is 3.65. The van der Waals surface area contributed by atoms with Crippen molar-refractivity contribution in [2.45, 2.75) is 20.5 Å². The molecule has 0 unspecified atom stereocenters. The van der Waals surface area contributed by atoms with E-state index in [1.54, 1.807) is 13.2 Å². The zero-order chi connectivity index (χ0) is 15.1. The van der Waals surface area contributed by atoms with Crippen molar-refractivity contribution in [2.75, 3.05) is 7.11 Å². The van der Waals surface area contributed by atoms with Gasteiger partial charge in [0.1, 0.15) is 0 Å². The van der Waals surface area contributed by atoms with Crippen LogP contribution in [0.1, 0.15) is 25.0 Å². The summed E-state index contributed by atoms with van der Waals surface area (Å²) in [5.74, 6) is 0. The second kappa shape index (κ2) is 13.4. The Morgan fingerprint density at radius 1 is 0.900 bits per heavy atom. The molecule has 0 atom stereocenters. The average molecular weight is 272 g/mol. The molecule has 0 fully saturated rings. The highest BCUT2D eigenvalue weighted by molar-refractivity contribution is 5.47. The van der Waals surface area contributed by atoms with Gasteiger partial charge in [-0.05, 0) is 17.2 Å². The maximum atomic E-state index is 8.34. The first-order valence-corrected chi connectivity index (χ1v) is 6.75. The third-order valence-corrected chi connectivity index (χ3v) is 2.22. The molecule has 2 aromatic rings. The van der Waals surface area contributed by atoms with Crippen molar-refractivity contribution in [3.05, 3.63) is 78.1 Å². The predicted octanol–water partition coefficient (Wildman–Crippen LogP) is 5.07. The number of benzene rings is 2. The zero-order valence-electron chi connectivity index (χ0n) is 12.5. The Kier molecular flexibility index (Phi) is 12.0. The Bertz CT molecular complexity index is 435. The van der Waals surface area contributed by atoms with Crippen LogP contribution in [0.2, 0.25) is 0 Å². The standard InChI is InChI=1S/C8H10O.C8H8O.C2H6/c1-9-7-8-5-3-2-4-6-8;9-7-6-8-4-2-1-3-5-8;1-2/h2-6H,7H2,1H3;1-7,9H;1-2H3/b;7-6-;. The second-order valence-electron chi connectivity index (χ2n) is 3.65. The lowest BCUT2D eigenvalue weighted by molar-refractivity contribution is 0.185. The molecule has 2 heteroatoms. The molecule has 2 rings (SSSR count). The summed E-state index contributed by atoms with van der Waals surface area (Å²) in [6.45, 7) is 4.71. The summed E-state index contributed by atoms with van der Waals surface area (Å²) >= 11 is 0. The van der Waals surface area contributed by atoms with Crippen LogP contribution in [0.4, 0.5) is 0 Å². The van der Waals surface area contributed by atoms with Crippen molar-refractivity contribution >= 4 is 6.08 Å². The molecule has 0 spiro atoms. The quantitative estimate of drug-likeness (QED) is 0.790. The van der Waals surface area contributed by atoms with Crippen LogP contribution >= 0.6 is 0 Å². The van der Waals surface area contributed by atoms with E-state index < -0.39 is 0 Å². The number of aliphatic hydroxyl groups is 1. The Hall–Kier alpha value is -2.06. The van der Waals surface area contributed by atoms with Crippen LogP contribution in [0.5, 0.6) is 0 Å². The van der Waals surface area contributed by atoms with Gasteiger partial charge < -0.3 is 9.84 Å². The Morgan fingerprint density at radius 2 is 1.40 bits per heavy atom. The van der Waals surface area contributed by atoms with Crippen LogP contribution in [-0.4, -0.2) is 12.2 Å². The molecule has 0 aliphatic heterocycles. The molecule has 2 nitrogen and oxygen atoms in total. The van der Waals surface area contributed by atoms with Crippen molar-refractivity contribution in [2.24, 2.45) is 0 Å². The Labute approximate surface area is 122 Å². The molecule has 2 aromatic carbocycles. The van der Waals surface area contributed by atoms with Crippen molar-refractivity contribution in [1.29, 1.82) is 0 Å². The van der Waals surface area contributed by atoms with Crippen molar-refractivity contribution in [3.8, 4) is 0 Å². The van der Waals surface area contributed by atoms with Crippen LogP contribution in [0.25, 0.3) is 6.08 Å². The largest absolute Gasteiger partial charge is 0.516 e. The third kappa shape index (κ3) is 8.95. The van der Waals surface area contributed by atoms with Crippen LogP contribution in [0.3, 0.4) is 0 Å². The highest BCUT2D eigenvalue weighted by Crippen LogP contribution is 1.99. The van der Waals surface area contributed by atoms with Crippen LogP contribution in [0, 0.1) is 0 Å². The molecular formula is C18H24O2. The average Bonchev–Trinajstić information content (AvgIpc) is 2.53. The molecule has 0 aliphatic rings. The van der Waals surface area contributed by atoms with Gasteiger partial charge in [0.25, 0.3) is 0 Å². The van der Waals surface area contributed by atoms with Crippen LogP contribution in [0.15, 0.2) is 66.9 Å². The van der Waals surface area contributed by atoms with E-state index in [1.807, 2.05) is 74.5 Å². The minimum Gasteiger partial charge on any atom is -0.516 e. The fraction of sp³-hybridized carbons (Fsp3) is 0.222. The Balaban J connectivity index is 0.000000321. The minimum atomic E-state index is 0.709. The molecular weight excluding hydrogens is 248 g/mol. The van der Waals surface area contributed by atoms with Gasteiger partial charge in [0.15, 0.2) is 0 Å². The first kappa shape index (κ1) is 17.9. The van der Waals surface area contributed by atoms with Crippen molar-refractivity contribution in [1.82, 2.24) is 0 Å². The molecule has 20 heavy (non-hydrogen) atoms. The summed E-state index contributed by atoms with van der Waals surface area (Å²) in [5, 5.41) is 8.34. The number of ether oxygens (including phenoxy) is 1. The summed E-state index contributed by atoms with van der Waals surface area (Å²) in [6.07, 6.45) is 2.68. The predicted molar refractivity (Wildman–Crippen MR) is 86.6 cm³/mol. The molecule has 0 heterocycles. The van der Waals surface area contributed by atoms with E-state index in [9.17, 15) is 0 Å². The summed E-state index contributed by atoms with van der Waals surface area (Å²) in [4.78, 5) is 0. The number of hydrogen-bond donors (Lipinski definition) is 1. The fourth-order valence-electron chi connectivity index (χ4n) is 1.39. The first-order valence-electron chi connectivity index (χ1n) is 6.75. The van der Waals surface area contributed by atoms with E-state index in [4.69, 9.17) is 9.84 Å². The van der Waals surface area contributed by atoms with Crippen molar-refractivity contribution < 1.29 is 9.84 Å². The van der Waals surface area contributed by atoms with Crippen molar-refractivity contribution in [3.63, 3.8) is 0 Å². The highest BCUT2D eigenvalue weighted by atomic mass is 16.5. The third-order valence-electron chi connectivity index (χ3n) is 2.22. The van der Waals surface area contributed by atoms with Gasteiger partial charge >= 0.3 is 0 Å². The maximum absolute atomic E-state index is 8.34. The van der Waals surface area contributed by atoms with E-state index in [2.05, 4.69) is 0 Å². The van der Waals surface area contributed by atoms with E-state index >= 15 is 0 Å². The summed E-state index contributed by atoms with van der Waals surface area (Å²) in [6, 6.07) is 19.7. The van der Waals surface area contributed by atoms with E-state index in [-0.39, 0.29) is 0 Å². The molecule has 1 N–H and O–H groups in total. The molecule has 0 saturated heterocycles. The minimum absolute atomic E-state index is 0.709. The highest BCUT2D eigenvalue weighted by Gasteiger charge is 1.84. The van der Waals surface area contributed by atoms with E-state index in [0.29, 0.717) is 6.61 Å². The molecule has 0 aliphatic carbocycles. The molecule has 108 valence electrons. The lowest BCUT2D eigenvalue weighted by Crippen LogP contribution is -1.84. The number of rotatable bonds is 3. The Morgan fingerprint density at radius 3 is 1.85 bits per heavy atom.